The van der Waals surface area contributed by atoms with Crippen molar-refractivity contribution in [1.29, 1.82) is 0 Å². The molecule has 1 saturated heterocycles. The summed E-state index contributed by atoms with van der Waals surface area (Å²) in [6, 6.07) is 6.70. The third-order valence-electron chi connectivity index (χ3n) is 3.92. The molecule has 0 aromatic carbocycles. The van der Waals surface area contributed by atoms with Gasteiger partial charge in [-0.25, -0.2) is 4.98 Å². The normalized spacial score (nSPS) is 15.4. The van der Waals surface area contributed by atoms with Crippen LogP contribution in [0.3, 0.4) is 0 Å². The molecule has 1 amide bonds. The first-order valence-corrected chi connectivity index (χ1v) is 7.51. The summed E-state index contributed by atoms with van der Waals surface area (Å²) in [5.74, 6) is 0.206. The van der Waals surface area contributed by atoms with Crippen LogP contribution in [-0.2, 0) is 0 Å². The minimum Gasteiger partial charge on any atom is -0.619 e. The number of likely N-dealkylation sites (N-methyl/N-ethyl adjacent to an activating group) is 1. The number of hydrogen-bond donors (Lipinski definition) is 1. The lowest BCUT2D eigenvalue weighted by molar-refractivity contribution is -0.605. The molecule has 3 heterocycles. The van der Waals surface area contributed by atoms with Crippen LogP contribution in [0, 0.1) is 5.21 Å². The van der Waals surface area contributed by atoms with E-state index in [0.717, 1.165) is 31.9 Å². The monoisotopic (exact) mass is 313 g/mol. The van der Waals surface area contributed by atoms with Crippen molar-refractivity contribution in [3.63, 3.8) is 0 Å². The van der Waals surface area contributed by atoms with Crippen LogP contribution in [-0.4, -0.2) is 49.0 Å². The summed E-state index contributed by atoms with van der Waals surface area (Å²) in [4.78, 5) is 20.9. The van der Waals surface area contributed by atoms with Gasteiger partial charge in [0.05, 0.1) is 17.4 Å². The highest BCUT2D eigenvalue weighted by Crippen LogP contribution is 2.17. The lowest BCUT2D eigenvalue weighted by atomic mass is 10.2. The minimum atomic E-state index is -0.287. The molecule has 7 heteroatoms. The number of anilines is 2. The third kappa shape index (κ3) is 3.75. The van der Waals surface area contributed by atoms with Crippen molar-refractivity contribution >= 4 is 17.4 Å². The first-order valence-electron chi connectivity index (χ1n) is 7.51. The second kappa shape index (κ2) is 6.62. The zero-order valence-electron chi connectivity index (χ0n) is 13.0. The first-order chi connectivity index (χ1) is 11.1. The molecule has 2 aromatic heterocycles. The highest BCUT2D eigenvalue weighted by Gasteiger charge is 2.15. The van der Waals surface area contributed by atoms with E-state index in [2.05, 4.69) is 27.1 Å². The lowest BCUT2D eigenvalue weighted by Crippen LogP contribution is -2.44. The summed E-state index contributed by atoms with van der Waals surface area (Å²) in [5, 5.41) is 13.7. The van der Waals surface area contributed by atoms with Crippen molar-refractivity contribution in [2.24, 2.45) is 0 Å². The Labute approximate surface area is 134 Å². The Hall–Kier alpha value is -2.67. The van der Waals surface area contributed by atoms with Gasteiger partial charge in [-0.3, -0.25) is 4.79 Å². The quantitative estimate of drug-likeness (QED) is 0.667. The minimum absolute atomic E-state index is 0.287. The van der Waals surface area contributed by atoms with E-state index in [0.29, 0.717) is 16.1 Å². The molecule has 1 aliphatic rings. The van der Waals surface area contributed by atoms with Crippen molar-refractivity contribution in [3.05, 3.63) is 53.6 Å². The fourth-order valence-electron chi connectivity index (χ4n) is 2.46. The number of nitrogens with zero attached hydrogens (tertiary/aromatic N) is 4. The van der Waals surface area contributed by atoms with Crippen molar-refractivity contribution in [2.45, 2.75) is 0 Å². The predicted octanol–water partition coefficient (Wildman–Crippen LogP) is 0.719. The van der Waals surface area contributed by atoms with E-state index >= 15 is 0 Å². The molecule has 0 aliphatic carbocycles. The van der Waals surface area contributed by atoms with Gasteiger partial charge in [0.2, 0.25) is 0 Å². The Bertz CT molecular complexity index is 664. The van der Waals surface area contributed by atoms with Crippen LogP contribution in [0.1, 0.15) is 10.4 Å². The van der Waals surface area contributed by atoms with E-state index in [9.17, 15) is 10.0 Å². The topological polar surface area (TPSA) is 75.4 Å². The van der Waals surface area contributed by atoms with Crippen LogP contribution < -0.4 is 14.9 Å². The SMILES string of the molecule is CN1CCN(c2ccc(NC(=O)c3cc[n+]([O-])cc3)nc2)CC1. The van der Waals surface area contributed by atoms with Crippen molar-refractivity contribution in [1.82, 2.24) is 9.88 Å². The van der Waals surface area contributed by atoms with Crippen LogP contribution in [0.5, 0.6) is 0 Å². The number of piperazine rings is 1. The van der Waals surface area contributed by atoms with Gasteiger partial charge in [-0.2, -0.15) is 4.73 Å². The molecule has 0 spiro atoms. The maximum absolute atomic E-state index is 12.1. The fraction of sp³-hybridized carbons (Fsp3) is 0.312. The van der Waals surface area contributed by atoms with Gasteiger partial charge in [-0.15, -0.1) is 0 Å². The largest absolute Gasteiger partial charge is 0.619 e. The number of rotatable bonds is 3. The number of carbonyl (C=O) groups is 1. The molecule has 0 atom stereocenters. The van der Waals surface area contributed by atoms with Crippen molar-refractivity contribution in [3.8, 4) is 0 Å². The second-order valence-corrected chi connectivity index (χ2v) is 5.59. The molecule has 1 aliphatic heterocycles. The molecule has 1 N–H and O–H groups in total. The highest BCUT2D eigenvalue weighted by atomic mass is 16.5. The Balaban J connectivity index is 1.63. The summed E-state index contributed by atoms with van der Waals surface area (Å²) in [7, 11) is 2.12. The Morgan fingerprint density at radius 1 is 1.17 bits per heavy atom. The molecule has 1 fully saturated rings. The predicted molar refractivity (Wildman–Crippen MR) is 87.3 cm³/mol. The molecule has 0 unspecified atom stereocenters. The summed E-state index contributed by atoms with van der Waals surface area (Å²) in [6.07, 6.45) is 4.36. The van der Waals surface area contributed by atoms with Gasteiger partial charge in [0, 0.05) is 38.3 Å². The number of pyridine rings is 2. The standard InChI is InChI=1S/C16H19N5O2/c1-19-8-10-20(11-9-19)14-2-3-15(17-12-14)18-16(22)13-4-6-21(23)7-5-13/h2-7,12H,8-11H2,1H3,(H,17,18,22). The van der Waals surface area contributed by atoms with Crippen molar-refractivity contribution < 1.29 is 9.52 Å². The average molecular weight is 313 g/mol. The Morgan fingerprint density at radius 3 is 2.48 bits per heavy atom. The molecule has 0 saturated carbocycles. The maximum atomic E-state index is 12.1. The number of hydrogen-bond acceptors (Lipinski definition) is 5. The van der Waals surface area contributed by atoms with E-state index < -0.39 is 0 Å². The molecule has 3 rings (SSSR count). The van der Waals surface area contributed by atoms with Gasteiger partial charge in [-0.1, -0.05) is 0 Å². The van der Waals surface area contributed by atoms with Gasteiger partial charge >= 0.3 is 0 Å². The van der Waals surface area contributed by atoms with Crippen LogP contribution >= 0.6 is 0 Å². The molecular formula is C16H19N5O2. The molecule has 23 heavy (non-hydrogen) atoms. The number of aromatic nitrogens is 2. The Morgan fingerprint density at radius 2 is 1.87 bits per heavy atom. The fourth-order valence-corrected chi connectivity index (χ4v) is 2.46. The number of amides is 1. The van der Waals surface area contributed by atoms with E-state index in [1.807, 2.05) is 6.07 Å². The molecule has 0 radical (unpaired) electrons. The number of carbonyl (C=O) groups excluding carboxylic acids is 1. The lowest BCUT2D eigenvalue weighted by Gasteiger charge is -2.33. The molecule has 2 aromatic rings. The Kier molecular flexibility index (Phi) is 4.38. The van der Waals surface area contributed by atoms with Gasteiger partial charge < -0.3 is 20.3 Å². The van der Waals surface area contributed by atoms with Gasteiger partial charge in [0.15, 0.2) is 12.4 Å². The highest BCUT2D eigenvalue weighted by molar-refractivity contribution is 6.03. The molecular weight excluding hydrogens is 294 g/mol. The zero-order chi connectivity index (χ0) is 16.2. The van der Waals surface area contributed by atoms with E-state index in [-0.39, 0.29) is 5.91 Å². The molecule has 120 valence electrons. The van der Waals surface area contributed by atoms with Gasteiger partial charge in [-0.05, 0) is 19.2 Å². The zero-order valence-corrected chi connectivity index (χ0v) is 13.0. The smallest absolute Gasteiger partial charge is 0.257 e. The summed E-state index contributed by atoms with van der Waals surface area (Å²) < 4.78 is 0.639. The van der Waals surface area contributed by atoms with Crippen LogP contribution in [0.2, 0.25) is 0 Å². The maximum Gasteiger partial charge on any atom is 0.257 e. The van der Waals surface area contributed by atoms with Gasteiger partial charge in [0.1, 0.15) is 5.82 Å². The average Bonchev–Trinajstić information content (AvgIpc) is 2.57. The van der Waals surface area contributed by atoms with E-state index in [1.54, 1.807) is 12.3 Å². The van der Waals surface area contributed by atoms with Gasteiger partial charge in [0.25, 0.3) is 5.91 Å². The van der Waals surface area contributed by atoms with E-state index in [1.165, 1.54) is 24.5 Å². The van der Waals surface area contributed by atoms with Crippen LogP contribution in [0.25, 0.3) is 0 Å². The van der Waals surface area contributed by atoms with Crippen LogP contribution in [0.4, 0.5) is 11.5 Å². The number of nitrogens with one attached hydrogen (secondary N) is 1. The molecule has 0 bridgehead atoms. The summed E-state index contributed by atoms with van der Waals surface area (Å²) in [6.45, 7) is 4.02. The third-order valence-corrected chi connectivity index (χ3v) is 3.92. The summed E-state index contributed by atoms with van der Waals surface area (Å²) >= 11 is 0. The van der Waals surface area contributed by atoms with Crippen molar-refractivity contribution in [2.75, 3.05) is 43.4 Å². The van der Waals surface area contributed by atoms with Crippen LogP contribution in [0.15, 0.2) is 42.9 Å². The first kappa shape index (κ1) is 15.2. The molecule has 7 nitrogen and oxygen atoms in total. The second-order valence-electron chi connectivity index (χ2n) is 5.59. The van der Waals surface area contributed by atoms with E-state index in [4.69, 9.17) is 0 Å². The summed E-state index contributed by atoms with van der Waals surface area (Å²) in [5.41, 5.74) is 1.48.